The molecule has 2 heterocycles. The molecule has 0 aliphatic carbocycles. The largest absolute Gasteiger partial charge is 0.433 e. The molecular formula is C31H48BN5O3. The number of aromatic nitrogens is 2. The van der Waals surface area contributed by atoms with Crippen LogP contribution in [0.15, 0.2) is 48.9 Å². The average Bonchev–Trinajstić information content (AvgIpc) is 3.39. The zero-order valence-electron chi connectivity index (χ0n) is 24.8. The first-order valence-electron chi connectivity index (χ1n) is 15.1. The van der Waals surface area contributed by atoms with Crippen LogP contribution in [-0.2, 0) is 15.9 Å². The lowest BCUT2D eigenvalue weighted by Gasteiger charge is -2.37. The Kier molecular flexibility index (Phi) is 13.1. The van der Waals surface area contributed by atoms with Crippen LogP contribution in [0.1, 0.15) is 88.2 Å². The summed E-state index contributed by atoms with van der Waals surface area (Å²) in [5, 5.41) is 9.55. The third-order valence-corrected chi connectivity index (χ3v) is 8.18. The van der Waals surface area contributed by atoms with E-state index in [0.29, 0.717) is 12.3 Å². The molecule has 1 saturated heterocycles. The molecule has 3 N–H and O–H groups in total. The van der Waals surface area contributed by atoms with Crippen molar-refractivity contribution in [1.29, 1.82) is 0 Å². The van der Waals surface area contributed by atoms with Gasteiger partial charge >= 0.3 is 6.92 Å². The Morgan fingerprint density at radius 3 is 2.52 bits per heavy atom. The summed E-state index contributed by atoms with van der Waals surface area (Å²) < 4.78 is 6.44. The van der Waals surface area contributed by atoms with Gasteiger partial charge in [-0.15, -0.1) is 0 Å². The lowest BCUT2D eigenvalue weighted by Crippen LogP contribution is -2.57. The van der Waals surface area contributed by atoms with Crippen LogP contribution in [-0.4, -0.2) is 60.9 Å². The molecule has 2 aromatic rings. The lowest BCUT2D eigenvalue weighted by atomic mass is 9.38. The van der Waals surface area contributed by atoms with Crippen molar-refractivity contribution >= 4 is 18.7 Å². The molecule has 1 aromatic carbocycles. The summed E-state index contributed by atoms with van der Waals surface area (Å²) in [6.45, 7) is 8.36. The fourth-order valence-corrected chi connectivity index (χ4v) is 5.96. The van der Waals surface area contributed by atoms with Crippen LogP contribution in [0.2, 0.25) is 5.31 Å². The summed E-state index contributed by atoms with van der Waals surface area (Å²) in [4.78, 5) is 35.0. The van der Waals surface area contributed by atoms with E-state index in [4.69, 9.17) is 4.65 Å². The van der Waals surface area contributed by atoms with Crippen molar-refractivity contribution < 1.29 is 14.2 Å². The van der Waals surface area contributed by atoms with Crippen LogP contribution in [0.5, 0.6) is 0 Å². The van der Waals surface area contributed by atoms with E-state index in [1.807, 2.05) is 37.4 Å². The van der Waals surface area contributed by atoms with Crippen LogP contribution in [0.25, 0.3) is 0 Å². The Balaban J connectivity index is 1.77. The van der Waals surface area contributed by atoms with Gasteiger partial charge in [-0.3, -0.25) is 14.6 Å². The van der Waals surface area contributed by atoms with Crippen molar-refractivity contribution in [2.45, 2.75) is 95.9 Å². The van der Waals surface area contributed by atoms with Crippen LogP contribution < -0.4 is 16.0 Å². The zero-order chi connectivity index (χ0) is 28.8. The van der Waals surface area contributed by atoms with Gasteiger partial charge < -0.3 is 20.6 Å². The monoisotopic (exact) mass is 549 g/mol. The fraction of sp³-hybridized carbons (Fsp3) is 0.613. The summed E-state index contributed by atoms with van der Waals surface area (Å²) in [6.07, 6.45) is 13.6. The van der Waals surface area contributed by atoms with E-state index in [-0.39, 0.29) is 29.8 Å². The van der Waals surface area contributed by atoms with E-state index in [0.717, 1.165) is 44.4 Å². The molecule has 0 radical (unpaired) electrons. The quantitative estimate of drug-likeness (QED) is 0.197. The predicted octanol–water partition coefficient (Wildman–Crippen LogP) is 4.62. The fourth-order valence-electron chi connectivity index (χ4n) is 5.96. The minimum atomic E-state index is -0.754. The zero-order valence-corrected chi connectivity index (χ0v) is 24.8. The number of hydrogen-bond acceptors (Lipinski definition) is 6. The maximum atomic E-state index is 13.9. The number of unbranched alkanes of at least 4 members (excludes halogenated alkanes) is 3. The number of carbonyl (C=O) groups excluding carboxylic acids is 2. The van der Waals surface area contributed by atoms with Gasteiger partial charge in [0.1, 0.15) is 11.7 Å². The molecular weight excluding hydrogens is 501 g/mol. The maximum Gasteiger partial charge on any atom is 0.321 e. The van der Waals surface area contributed by atoms with Gasteiger partial charge in [-0.05, 0) is 49.7 Å². The minimum Gasteiger partial charge on any atom is -0.433 e. The van der Waals surface area contributed by atoms with Crippen molar-refractivity contribution in [3.8, 4) is 0 Å². The van der Waals surface area contributed by atoms with E-state index in [2.05, 4.69) is 46.7 Å². The average molecular weight is 550 g/mol. The van der Waals surface area contributed by atoms with Crippen LogP contribution in [0.4, 0.5) is 0 Å². The first-order valence-corrected chi connectivity index (χ1v) is 15.1. The van der Waals surface area contributed by atoms with Crippen molar-refractivity contribution in [2.24, 2.45) is 5.92 Å². The molecule has 1 fully saturated rings. The Labute approximate surface area is 241 Å². The standard InChI is InChI=1S/C31H48BN5O3/c1-5-31(15-11-6-7-12-17-33-4)16-20-40-32(31)28(21-24(2)3)37-29(38)26(22-25-13-9-8-10-14-25)36-30(39)27-23-34-18-19-35-27/h8-10,13-14,18-19,23-24,26,28,33H,5-7,11-12,15-17,20-22H2,1-4H3,(H,36,39)(H,37,38)/t26-,28-,31+/m0/s1. The highest BCUT2D eigenvalue weighted by Crippen LogP contribution is 2.49. The highest BCUT2D eigenvalue weighted by atomic mass is 16.4. The molecule has 3 atom stereocenters. The molecule has 0 spiro atoms. The van der Waals surface area contributed by atoms with Crippen molar-refractivity contribution in [1.82, 2.24) is 25.9 Å². The van der Waals surface area contributed by atoms with Gasteiger partial charge in [-0.1, -0.05) is 83.2 Å². The van der Waals surface area contributed by atoms with Gasteiger partial charge in [0, 0.05) is 31.4 Å². The number of carbonyl (C=O) groups is 2. The summed E-state index contributed by atoms with van der Waals surface area (Å²) >= 11 is 0. The second kappa shape index (κ2) is 16.5. The van der Waals surface area contributed by atoms with E-state index < -0.39 is 11.9 Å². The lowest BCUT2D eigenvalue weighted by molar-refractivity contribution is -0.123. The highest BCUT2D eigenvalue weighted by Gasteiger charge is 2.50. The second-order valence-corrected chi connectivity index (χ2v) is 11.6. The number of benzene rings is 1. The third-order valence-electron chi connectivity index (χ3n) is 8.18. The second-order valence-electron chi connectivity index (χ2n) is 11.6. The SMILES string of the molecule is CC[C@@]1(CCCCCCNC)CCOB1[C@H](CC(C)C)NC(=O)[C@H](Cc1ccccc1)NC(=O)c1cnccn1. The summed E-state index contributed by atoms with van der Waals surface area (Å²) in [7, 11) is 2.00. The number of nitrogens with one attached hydrogen (secondary N) is 3. The van der Waals surface area contributed by atoms with E-state index in [9.17, 15) is 9.59 Å². The van der Waals surface area contributed by atoms with Gasteiger partial charge in [0.15, 0.2) is 0 Å². The number of amides is 2. The highest BCUT2D eigenvalue weighted by molar-refractivity contribution is 6.58. The molecule has 40 heavy (non-hydrogen) atoms. The Morgan fingerprint density at radius 2 is 1.85 bits per heavy atom. The number of hydrogen-bond donors (Lipinski definition) is 3. The molecule has 1 aliphatic rings. The van der Waals surface area contributed by atoms with Crippen LogP contribution in [0, 0.1) is 5.92 Å². The first kappa shape index (κ1) is 31.7. The third kappa shape index (κ3) is 9.41. The van der Waals surface area contributed by atoms with E-state index in [1.165, 1.54) is 44.3 Å². The Hall–Kier alpha value is -2.78. The van der Waals surface area contributed by atoms with Gasteiger partial charge in [-0.25, -0.2) is 4.98 Å². The summed E-state index contributed by atoms with van der Waals surface area (Å²) in [6, 6.07) is 9.01. The minimum absolute atomic E-state index is 0.0470. The molecule has 3 rings (SSSR count). The first-order chi connectivity index (χ1) is 19.4. The Morgan fingerprint density at radius 1 is 1.07 bits per heavy atom. The summed E-state index contributed by atoms with van der Waals surface area (Å²) in [5.41, 5.74) is 1.16. The Bertz CT molecular complexity index is 1030. The molecule has 0 unspecified atom stereocenters. The topological polar surface area (TPSA) is 105 Å². The van der Waals surface area contributed by atoms with Gasteiger partial charge in [0.25, 0.3) is 5.91 Å². The molecule has 0 saturated carbocycles. The van der Waals surface area contributed by atoms with E-state index in [1.54, 1.807) is 0 Å². The van der Waals surface area contributed by atoms with E-state index >= 15 is 0 Å². The van der Waals surface area contributed by atoms with Gasteiger partial charge in [-0.2, -0.15) is 0 Å². The van der Waals surface area contributed by atoms with Crippen molar-refractivity contribution in [2.75, 3.05) is 20.2 Å². The number of rotatable bonds is 17. The molecule has 8 nitrogen and oxygen atoms in total. The molecule has 1 aromatic heterocycles. The molecule has 218 valence electrons. The molecule has 9 heteroatoms. The molecule has 2 amide bonds. The van der Waals surface area contributed by atoms with Crippen LogP contribution in [0.3, 0.4) is 0 Å². The van der Waals surface area contributed by atoms with Crippen molar-refractivity contribution in [3.63, 3.8) is 0 Å². The smallest absolute Gasteiger partial charge is 0.321 e. The van der Waals surface area contributed by atoms with Gasteiger partial charge in [0.2, 0.25) is 5.91 Å². The van der Waals surface area contributed by atoms with Gasteiger partial charge in [0.05, 0.1) is 6.20 Å². The molecule has 0 bridgehead atoms. The van der Waals surface area contributed by atoms with Crippen LogP contribution >= 0.6 is 0 Å². The maximum absolute atomic E-state index is 13.9. The normalized spacial score (nSPS) is 18.5. The van der Waals surface area contributed by atoms with Crippen molar-refractivity contribution in [3.05, 3.63) is 60.2 Å². The predicted molar refractivity (Wildman–Crippen MR) is 161 cm³/mol. The molecule has 1 aliphatic heterocycles. The summed E-state index contributed by atoms with van der Waals surface area (Å²) in [5.74, 6) is -0.361. The number of nitrogens with zero attached hydrogens (tertiary/aromatic N) is 2.